The molecule has 1 fully saturated rings. The van der Waals surface area contributed by atoms with Crippen LogP contribution in [0.4, 0.5) is 4.79 Å². The van der Waals surface area contributed by atoms with Crippen LogP contribution in [0.5, 0.6) is 0 Å². The number of alkyl carbamates (subject to hydrolysis) is 1. The van der Waals surface area contributed by atoms with E-state index in [4.69, 9.17) is 4.74 Å². The molecule has 8 heteroatoms. The first kappa shape index (κ1) is 38.1. The van der Waals surface area contributed by atoms with Crippen LogP contribution in [-0.4, -0.2) is 57.5 Å². The molecule has 6 rings (SSSR count). The number of piperazine rings is 1. The van der Waals surface area contributed by atoms with Gasteiger partial charge in [-0.2, -0.15) is 0 Å². The van der Waals surface area contributed by atoms with E-state index in [0.29, 0.717) is 37.0 Å². The van der Waals surface area contributed by atoms with E-state index in [1.807, 2.05) is 67.8 Å². The number of ether oxygens (including phenoxy) is 1. The summed E-state index contributed by atoms with van der Waals surface area (Å²) in [5, 5.41) is 7.90. The maximum Gasteiger partial charge on any atom is 0.409 e. The molecule has 2 heterocycles. The molecule has 1 aliphatic heterocycles. The smallest absolute Gasteiger partial charge is 0.409 e. The standard InChI is InChI=1S/C45H52N4O3S/c1-6-8-29-44(48-42(51)52-43(3,4)5)40(49(32-31-47-44)41(50)37-28-18-20-33-21-19-30-46-39(33)37)38(7-2)53-45(34-22-12-9-13-23-34,35-24-14-10-15-25-35)36-26-16-11-17-27-36/h9-28,30,38,40,47H,6-8,29,31-32H2,1-5H3,(H,48,51). The van der Waals surface area contributed by atoms with Gasteiger partial charge in [0.15, 0.2) is 0 Å². The number of rotatable bonds is 12. The number of fused-ring (bicyclic) bond motifs is 1. The first-order valence-corrected chi connectivity index (χ1v) is 19.7. The summed E-state index contributed by atoms with van der Waals surface area (Å²) in [4.78, 5) is 35.8. The SMILES string of the molecule is CCCCC1(NC(=O)OC(C)(C)C)NCCN(C(=O)c2cccc3cccnc23)C1C(CC)SC(c1ccccc1)(c1ccccc1)c1ccccc1. The largest absolute Gasteiger partial charge is 0.444 e. The van der Waals surface area contributed by atoms with Crippen molar-refractivity contribution in [1.82, 2.24) is 20.5 Å². The number of benzene rings is 4. The molecule has 0 spiro atoms. The van der Waals surface area contributed by atoms with E-state index < -0.39 is 28.1 Å². The van der Waals surface area contributed by atoms with Crippen LogP contribution in [0.1, 0.15) is 87.4 Å². The molecule has 5 aromatic rings. The summed E-state index contributed by atoms with van der Waals surface area (Å²) < 4.78 is 5.29. The topological polar surface area (TPSA) is 83.6 Å². The van der Waals surface area contributed by atoms with Crippen molar-refractivity contribution in [3.63, 3.8) is 0 Å². The highest BCUT2D eigenvalue weighted by atomic mass is 32.2. The number of hydrogen-bond donors (Lipinski definition) is 2. The summed E-state index contributed by atoms with van der Waals surface area (Å²) in [6, 6.07) is 41.1. The van der Waals surface area contributed by atoms with Crippen LogP contribution in [0, 0.1) is 0 Å². The number of unbranched alkanes of at least 4 members (excludes halogenated alkanes) is 1. The fraction of sp³-hybridized carbons (Fsp3) is 0.356. The Morgan fingerprint density at radius 2 is 1.45 bits per heavy atom. The lowest BCUT2D eigenvalue weighted by atomic mass is 9.84. The molecule has 0 bridgehead atoms. The van der Waals surface area contributed by atoms with Gasteiger partial charge in [0.25, 0.3) is 5.91 Å². The van der Waals surface area contributed by atoms with Gasteiger partial charge in [-0.25, -0.2) is 4.79 Å². The maximum absolute atomic E-state index is 15.2. The normalized spacial score (nSPS) is 18.4. The quantitative estimate of drug-likeness (QED) is 0.125. The lowest BCUT2D eigenvalue weighted by molar-refractivity contribution is 0.00407. The van der Waals surface area contributed by atoms with E-state index in [-0.39, 0.29) is 11.2 Å². The zero-order valence-electron chi connectivity index (χ0n) is 31.5. The molecule has 0 aliphatic carbocycles. The number of para-hydroxylation sites is 1. The number of nitrogens with zero attached hydrogens (tertiary/aromatic N) is 2. The molecule has 1 aliphatic rings. The first-order chi connectivity index (χ1) is 25.6. The van der Waals surface area contributed by atoms with Crippen molar-refractivity contribution < 1.29 is 14.3 Å². The summed E-state index contributed by atoms with van der Waals surface area (Å²) in [5.74, 6) is -0.101. The summed E-state index contributed by atoms with van der Waals surface area (Å²) in [5.41, 5.74) is 2.95. The van der Waals surface area contributed by atoms with E-state index in [9.17, 15) is 4.79 Å². The molecular weight excluding hydrogens is 677 g/mol. The van der Waals surface area contributed by atoms with Gasteiger partial charge in [-0.3, -0.25) is 15.1 Å². The number of pyridine rings is 1. The van der Waals surface area contributed by atoms with Gasteiger partial charge in [-0.05, 0) is 68.9 Å². The lowest BCUT2D eigenvalue weighted by Gasteiger charge is -2.54. The summed E-state index contributed by atoms with van der Waals surface area (Å²) in [7, 11) is 0. The van der Waals surface area contributed by atoms with Crippen molar-refractivity contribution in [2.24, 2.45) is 0 Å². The third-order valence-electron chi connectivity index (χ3n) is 10.0. The molecule has 7 nitrogen and oxygen atoms in total. The summed E-state index contributed by atoms with van der Waals surface area (Å²) >= 11 is 1.86. The maximum atomic E-state index is 15.2. The Balaban J connectivity index is 1.58. The minimum absolute atomic E-state index is 0.101. The average Bonchev–Trinajstić information content (AvgIpc) is 3.17. The van der Waals surface area contributed by atoms with E-state index in [1.165, 1.54) is 0 Å². The molecule has 276 valence electrons. The molecule has 53 heavy (non-hydrogen) atoms. The van der Waals surface area contributed by atoms with Crippen LogP contribution >= 0.6 is 11.8 Å². The molecule has 2 amide bonds. The molecule has 0 saturated carbocycles. The van der Waals surface area contributed by atoms with Crippen molar-refractivity contribution in [3.8, 4) is 0 Å². The van der Waals surface area contributed by atoms with Gasteiger partial charge in [0.2, 0.25) is 0 Å². The van der Waals surface area contributed by atoms with Crippen LogP contribution in [0.2, 0.25) is 0 Å². The lowest BCUT2D eigenvalue weighted by Crippen LogP contribution is -2.77. The third-order valence-corrected chi connectivity index (χ3v) is 12.0. The van der Waals surface area contributed by atoms with Gasteiger partial charge in [0.1, 0.15) is 11.3 Å². The van der Waals surface area contributed by atoms with Gasteiger partial charge >= 0.3 is 6.09 Å². The molecule has 2 N–H and O–H groups in total. The average molecular weight is 729 g/mol. The molecule has 1 aromatic heterocycles. The number of carbonyl (C=O) groups is 2. The monoisotopic (exact) mass is 728 g/mol. The van der Waals surface area contributed by atoms with Gasteiger partial charge < -0.3 is 15.0 Å². The van der Waals surface area contributed by atoms with Crippen LogP contribution in [0.3, 0.4) is 0 Å². The molecular formula is C45H52N4O3S. The van der Waals surface area contributed by atoms with Gasteiger partial charge in [0, 0.05) is 29.9 Å². The molecule has 1 saturated heterocycles. The highest BCUT2D eigenvalue weighted by Gasteiger charge is 2.53. The number of aromatic nitrogens is 1. The molecule has 0 radical (unpaired) electrons. The highest BCUT2D eigenvalue weighted by Crippen LogP contribution is 2.53. The molecule has 4 aromatic carbocycles. The minimum atomic E-state index is -0.992. The van der Waals surface area contributed by atoms with Crippen molar-refractivity contribution in [2.45, 2.75) is 87.6 Å². The van der Waals surface area contributed by atoms with Crippen LogP contribution < -0.4 is 10.6 Å². The fourth-order valence-electron chi connectivity index (χ4n) is 7.77. The minimum Gasteiger partial charge on any atom is -0.444 e. The second kappa shape index (κ2) is 16.6. The number of amides is 2. The Kier molecular flexibility index (Phi) is 11.9. The van der Waals surface area contributed by atoms with Crippen molar-refractivity contribution in [1.29, 1.82) is 0 Å². The number of carbonyl (C=O) groups excluding carboxylic acids is 2. The summed E-state index contributed by atoms with van der Waals surface area (Å²) in [6.45, 7) is 10.9. The fourth-order valence-corrected chi connectivity index (χ4v) is 9.71. The highest BCUT2D eigenvalue weighted by molar-refractivity contribution is 8.01. The predicted molar refractivity (Wildman–Crippen MR) is 217 cm³/mol. The predicted octanol–water partition coefficient (Wildman–Crippen LogP) is 9.56. The van der Waals surface area contributed by atoms with E-state index in [2.05, 4.69) is 120 Å². The van der Waals surface area contributed by atoms with Gasteiger partial charge in [-0.15, -0.1) is 11.8 Å². The Hall–Kier alpha value is -4.66. The number of hydrogen-bond acceptors (Lipinski definition) is 6. The van der Waals surface area contributed by atoms with E-state index >= 15 is 4.79 Å². The molecule has 3 unspecified atom stereocenters. The Morgan fingerprint density at radius 1 is 0.868 bits per heavy atom. The Labute approximate surface area is 318 Å². The van der Waals surface area contributed by atoms with E-state index in [1.54, 1.807) is 6.20 Å². The second-order valence-electron chi connectivity index (χ2n) is 14.8. The zero-order valence-corrected chi connectivity index (χ0v) is 32.4. The Morgan fingerprint density at radius 3 is 2.00 bits per heavy atom. The second-order valence-corrected chi connectivity index (χ2v) is 16.3. The van der Waals surface area contributed by atoms with E-state index in [0.717, 1.165) is 34.9 Å². The summed E-state index contributed by atoms with van der Waals surface area (Å²) in [6.07, 6.45) is 4.30. The Bertz CT molecular complexity index is 1870. The number of nitrogens with one attached hydrogen (secondary N) is 2. The van der Waals surface area contributed by atoms with Crippen LogP contribution in [0.25, 0.3) is 10.9 Å². The first-order valence-electron chi connectivity index (χ1n) is 18.9. The van der Waals surface area contributed by atoms with Gasteiger partial charge in [-0.1, -0.05) is 129 Å². The number of thioether (sulfide) groups is 1. The zero-order chi connectivity index (χ0) is 37.5. The van der Waals surface area contributed by atoms with Crippen LogP contribution in [0.15, 0.2) is 128 Å². The van der Waals surface area contributed by atoms with Crippen molar-refractivity contribution >= 4 is 34.7 Å². The third kappa shape index (κ3) is 8.14. The van der Waals surface area contributed by atoms with Crippen molar-refractivity contribution in [2.75, 3.05) is 13.1 Å². The van der Waals surface area contributed by atoms with Crippen molar-refractivity contribution in [3.05, 3.63) is 150 Å². The van der Waals surface area contributed by atoms with Gasteiger partial charge in [0.05, 0.1) is 21.9 Å². The van der Waals surface area contributed by atoms with Crippen LogP contribution in [-0.2, 0) is 9.48 Å². The molecule has 3 atom stereocenters.